The van der Waals surface area contributed by atoms with Gasteiger partial charge in [-0.25, -0.2) is 0 Å². The van der Waals surface area contributed by atoms with Crippen LogP contribution in [0.4, 0.5) is 0 Å². The molecule has 0 radical (unpaired) electrons. The van der Waals surface area contributed by atoms with E-state index in [2.05, 4.69) is 18.9 Å². The van der Waals surface area contributed by atoms with Gasteiger partial charge in [-0.05, 0) is 119 Å². The molecule has 0 amide bonds. The van der Waals surface area contributed by atoms with Crippen molar-refractivity contribution in [2.45, 2.75) is 97.6 Å². The van der Waals surface area contributed by atoms with Crippen LogP contribution in [-0.2, 0) is 11.3 Å². The zero-order valence-electron chi connectivity index (χ0n) is 19.4. The first kappa shape index (κ1) is 20.7. The first-order chi connectivity index (χ1) is 14.2. The smallest absolute Gasteiger partial charge is 0.157 e. The highest BCUT2D eigenvalue weighted by Gasteiger charge is 2.58. The minimum atomic E-state index is -0.439. The van der Waals surface area contributed by atoms with Gasteiger partial charge in [0.05, 0.1) is 17.8 Å². The third-order valence-electron chi connectivity index (χ3n) is 10.1. The van der Waals surface area contributed by atoms with Gasteiger partial charge in [-0.3, -0.25) is 9.48 Å². The summed E-state index contributed by atoms with van der Waals surface area (Å²) in [6.45, 7) is 9.02. The molecule has 4 aliphatic carbocycles. The highest BCUT2D eigenvalue weighted by atomic mass is 16.3. The lowest BCUT2D eigenvalue weighted by atomic mass is 9.49. The largest absolute Gasteiger partial charge is 0.390 e. The van der Waals surface area contributed by atoms with E-state index < -0.39 is 5.60 Å². The number of carbonyl (C=O) groups is 1. The topological polar surface area (TPSA) is 55.1 Å². The third kappa shape index (κ3) is 3.29. The fourth-order valence-corrected chi connectivity index (χ4v) is 8.58. The Labute approximate surface area is 181 Å². The molecule has 4 heteroatoms. The molecule has 1 N–H and O–H groups in total. The maximum atomic E-state index is 13.4. The third-order valence-corrected chi connectivity index (χ3v) is 10.1. The summed E-state index contributed by atoms with van der Waals surface area (Å²) in [5, 5.41) is 15.1. The summed E-state index contributed by atoms with van der Waals surface area (Å²) in [6, 6.07) is 0. The Morgan fingerprint density at radius 3 is 2.57 bits per heavy atom. The van der Waals surface area contributed by atoms with Crippen LogP contribution in [-0.4, -0.2) is 26.3 Å². The molecule has 0 unspecified atom stereocenters. The Hall–Kier alpha value is -1.16. The molecule has 30 heavy (non-hydrogen) atoms. The lowest BCUT2D eigenvalue weighted by Crippen LogP contribution is -2.51. The molecule has 5 rings (SSSR count). The van der Waals surface area contributed by atoms with Crippen LogP contribution in [0, 0.1) is 54.8 Å². The first-order valence-electron chi connectivity index (χ1n) is 12.4. The lowest BCUT2D eigenvalue weighted by Gasteiger charge is -2.56. The second kappa shape index (κ2) is 7.18. The Morgan fingerprint density at radius 2 is 1.83 bits per heavy atom. The second-order valence-corrected chi connectivity index (χ2v) is 11.9. The van der Waals surface area contributed by atoms with E-state index in [4.69, 9.17) is 0 Å². The van der Waals surface area contributed by atoms with Gasteiger partial charge < -0.3 is 5.11 Å². The number of aliphatic hydroxyl groups is 1. The van der Waals surface area contributed by atoms with Crippen LogP contribution >= 0.6 is 0 Å². The second-order valence-electron chi connectivity index (χ2n) is 11.9. The molecule has 0 saturated heterocycles. The quantitative estimate of drug-likeness (QED) is 0.752. The summed E-state index contributed by atoms with van der Waals surface area (Å²) in [4.78, 5) is 13.4. The zero-order valence-corrected chi connectivity index (χ0v) is 19.4. The van der Waals surface area contributed by atoms with Crippen molar-refractivity contribution in [1.29, 1.82) is 0 Å². The van der Waals surface area contributed by atoms with Crippen LogP contribution in [0.2, 0.25) is 0 Å². The van der Waals surface area contributed by atoms with E-state index in [1.54, 1.807) is 0 Å². The molecule has 0 spiro atoms. The van der Waals surface area contributed by atoms with Crippen molar-refractivity contribution in [2.75, 3.05) is 0 Å². The fourth-order valence-electron chi connectivity index (χ4n) is 8.58. The fraction of sp³-hybridized carbons (Fsp3) is 0.846. The van der Waals surface area contributed by atoms with Crippen LogP contribution in [0.25, 0.3) is 0 Å². The summed E-state index contributed by atoms with van der Waals surface area (Å²) in [6.07, 6.45) is 12.7. The number of aromatic nitrogens is 2. The monoisotopic (exact) mass is 412 g/mol. The maximum absolute atomic E-state index is 13.4. The minimum Gasteiger partial charge on any atom is -0.390 e. The molecule has 1 aromatic rings. The van der Waals surface area contributed by atoms with Gasteiger partial charge in [0.15, 0.2) is 5.78 Å². The molecular formula is C26H40N2O2. The van der Waals surface area contributed by atoms with Gasteiger partial charge in [-0.15, -0.1) is 0 Å². The number of carbonyl (C=O) groups excluding carboxylic acids is 1. The Kier molecular flexibility index (Phi) is 4.96. The zero-order chi connectivity index (χ0) is 21.3. The number of rotatable bonds is 3. The number of ketones is 1. The molecule has 0 aromatic carbocycles. The normalized spacial score (nSPS) is 45.5. The molecule has 4 nitrogen and oxygen atoms in total. The van der Waals surface area contributed by atoms with Crippen molar-refractivity contribution >= 4 is 5.78 Å². The van der Waals surface area contributed by atoms with Crippen molar-refractivity contribution in [3.8, 4) is 0 Å². The highest BCUT2D eigenvalue weighted by Crippen LogP contribution is 2.64. The molecule has 8 atom stereocenters. The van der Waals surface area contributed by atoms with Crippen LogP contribution in [0.3, 0.4) is 0 Å². The van der Waals surface area contributed by atoms with Gasteiger partial charge in [0.25, 0.3) is 0 Å². The number of hydrogen-bond acceptors (Lipinski definition) is 3. The van der Waals surface area contributed by atoms with E-state index in [9.17, 15) is 9.90 Å². The number of hydrogen-bond donors (Lipinski definition) is 1. The van der Waals surface area contributed by atoms with E-state index in [0.717, 1.165) is 54.5 Å². The predicted octanol–water partition coefficient (Wildman–Crippen LogP) is 5.09. The van der Waals surface area contributed by atoms with Crippen LogP contribution in [0.5, 0.6) is 0 Å². The van der Waals surface area contributed by atoms with Crippen LogP contribution in [0.1, 0.15) is 82.9 Å². The molecule has 1 heterocycles. The standard InChI is InChI=1S/C26H40N2O2/c1-16-14-28(27-17(16)2)15-24(29)23-8-7-22-21-6-5-18-13-25(3,30)11-9-19(18)20(21)10-12-26(22,23)4/h14,18-23,30H,5-13,15H2,1-4H3/t18-,19+,20-,21-,22+,23-,25-,26+/m1/s1. The van der Waals surface area contributed by atoms with Crippen molar-refractivity contribution in [2.24, 2.45) is 40.9 Å². The van der Waals surface area contributed by atoms with E-state index >= 15 is 0 Å². The average molecular weight is 413 g/mol. The number of fused-ring (bicyclic) bond motifs is 5. The average Bonchev–Trinajstić information content (AvgIpc) is 3.19. The Morgan fingerprint density at radius 1 is 1.07 bits per heavy atom. The molecular weight excluding hydrogens is 372 g/mol. The van der Waals surface area contributed by atoms with Crippen molar-refractivity contribution in [1.82, 2.24) is 9.78 Å². The molecule has 4 aliphatic rings. The minimum absolute atomic E-state index is 0.183. The van der Waals surface area contributed by atoms with Crippen LogP contribution in [0.15, 0.2) is 6.20 Å². The van der Waals surface area contributed by atoms with Gasteiger partial charge in [0.2, 0.25) is 0 Å². The number of Topliss-reactive ketones (excluding diaryl/α,β-unsaturated/α-hetero) is 1. The van der Waals surface area contributed by atoms with E-state index in [1.807, 2.05) is 24.7 Å². The number of aryl methyl sites for hydroxylation is 2. The maximum Gasteiger partial charge on any atom is 0.157 e. The summed E-state index contributed by atoms with van der Waals surface area (Å²) < 4.78 is 1.87. The first-order valence-corrected chi connectivity index (χ1v) is 12.4. The van der Waals surface area contributed by atoms with E-state index in [0.29, 0.717) is 12.3 Å². The van der Waals surface area contributed by atoms with Gasteiger partial charge in [0.1, 0.15) is 0 Å². The Bertz CT molecular complexity index is 807. The van der Waals surface area contributed by atoms with Gasteiger partial charge in [-0.2, -0.15) is 5.10 Å². The van der Waals surface area contributed by atoms with Gasteiger partial charge in [0, 0.05) is 12.1 Å². The molecule has 0 aliphatic heterocycles. The SMILES string of the molecule is Cc1cn(CC(=O)[C@H]2CC[C@H]3[C@@H]4CC[C@@H]5C[C@](C)(O)CC[C@@H]5[C@H]4CC[C@]23C)nc1C. The van der Waals surface area contributed by atoms with Gasteiger partial charge >= 0.3 is 0 Å². The molecule has 4 saturated carbocycles. The molecule has 1 aromatic heterocycles. The lowest BCUT2D eigenvalue weighted by molar-refractivity contribution is -0.133. The molecule has 0 bridgehead atoms. The van der Waals surface area contributed by atoms with Crippen molar-refractivity contribution in [3.63, 3.8) is 0 Å². The number of nitrogens with zero attached hydrogens (tertiary/aromatic N) is 2. The van der Waals surface area contributed by atoms with E-state index in [-0.39, 0.29) is 11.3 Å². The highest BCUT2D eigenvalue weighted by molar-refractivity contribution is 5.82. The Balaban J connectivity index is 1.31. The molecule has 166 valence electrons. The van der Waals surface area contributed by atoms with Crippen molar-refractivity contribution < 1.29 is 9.90 Å². The van der Waals surface area contributed by atoms with Crippen LogP contribution < -0.4 is 0 Å². The van der Waals surface area contributed by atoms with Crippen molar-refractivity contribution in [3.05, 3.63) is 17.5 Å². The summed E-state index contributed by atoms with van der Waals surface area (Å²) in [7, 11) is 0. The predicted molar refractivity (Wildman–Crippen MR) is 118 cm³/mol. The summed E-state index contributed by atoms with van der Waals surface area (Å²) in [5.41, 5.74) is 1.94. The van der Waals surface area contributed by atoms with Gasteiger partial charge in [-0.1, -0.05) is 6.92 Å². The molecule has 4 fully saturated rings. The summed E-state index contributed by atoms with van der Waals surface area (Å²) >= 11 is 0. The summed E-state index contributed by atoms with van der Waals surface area (Å²) in [5.74, 6) is 4.52. The van der Waals surface area contributed by atoms with E-state index in [1.165, 1.54) is 44.1 Å².